The summed E-state index contributed by atoms with van der Waals surface area (Å²) in [5.74, 6) is 1.39. The minimum Gasteiger partial charge on any atom is -0.484 e. The lowest BCUT2D eigenvalue weighted by Crippen LogP contribution is -2.29. The first-order chi connectivity index (χ1) is 10.1. The molecule has 0 aliphatic heterocycles. The Morgan fingerprint density at radius 1 is 1.10 bits per heavy atom. The van der Waals surface area contributed by atoms with Gasteiger partial charge in [0.15, 0.2) is 0 Å². The summed E-state index contributed by atoms with van der Waals surface area (Å²) in [5.41, 5.74) is 8.42. The Hall–Kier alpha value is -1.87. The predicted octanol–water partition coefficient (Wildman–Crippen LogP) is 4.06. The molecule has 0 spiro atoms. The van der Waals surface area contributed by atoms with Gasteiger partial charge in [0.2, 0.25) is 0 Å². The Labute approximate surface area is 127 Å². The van der Waals surface area contributed by atoms with Crippen molar-refractivity contribution in [2.24, 2.45) is 5.73 Å². The summed E-state index contributed by atoms with van der Waals surface area (Å²) >= 11 is 0. The molecular formula is C18H24N2O. The van der Waals surface area contributed by atoms with Crippen LogP contribution >= 0.6 is 0 Å². The normalized spacial score (nSPS) is 15.2. The summed E-state index contributed by atoms with van der Waals surface area (Å²) < 4.78 is 6.26. The molecule has 2 aromatic rings. The average Bonchev–Trinajstić information content (AvgIpc) is 2.52. The van der Waals surface area contributed by atoms with Gasteiger partial charge in [0.1, 0.15) is 11.9 Å². The molecule has 112 valence electrons. The van der Waals surface area contributed by atoms with Gasteiger partial charge in [-0.25, -0.2) is 0 Å². The van der Waals surface area contributed by atoms with E-state index in [-0.39, 0.29) is 12.1 Å². The molecule has 2 N–H and O–H groups in total. The number of nitrogens with zero attached hydrogens (tertiary/aromatic N) is 1. The monoisotopic (exact) mass is 284 g/mol. The molecule has 3 heteroatoms. The number of benzene rings is 1. The van der Waals surface area contributed by atoms with Crippen molar-refractivity contribution in [3.63, 3.8) is 0 Å². The smallest absolute Gasteiger partial charge is 0.139 e. The molecule has 0 amide bonds. The van der Waals surface area contributed by atoms with Crippen LogP contribution in [0, 0.1) is 0 Å². The van der Waals surface area contributed by atoms with Crippen molar-refractivity contribution >= 4 is 0 Å². The maximum Gasteiger partial charge on any atom is 0.139 e. The van der Waals surface area contributed by atoms with Crippen LogP contribution in [0.25, 0.3) is 0 Å². The number of aromatic nitrogens is 1. The summed E-state index contributed by atoms with van der Waals surface area (Å²) in [5, 5.41) is 0. The Bertz CT molecular complexity index is 554. The van der Waals surface area contributed by atoms with E-state index in [2.05, 4.69) is 31.0 Å². The summed E-state index contributed by atoms with van der Waals surface area (Å²) in [6, 6.07) is 12.0. The van der Waals surface area contributed by atoms with Crippen LogP contribution in [0.2, 0.25) is 0 Å². The van der Waals surface area contributed by atoms with Crippen LogP contribution in [0.3, 0.4) is 0 Å². The van der Waals surface area contributed by atoms with Crippen molar-refractivity contribution in [2.45, 2.75) is 45.3 Å². The molecule has 1 aromatic heterocycles. The van der Waals surface area contributed by atoms with Crippen LogP contribution in [-0.2, 0) is 0 Å². The van der Waals surface area contributed by atoms with Gasteiger partial charge in [0, 0.05) is 18.4 Å². The fourth-order valence-corrected chi connectivity index (χ4v) is 2.38. The van der Waals surface area contributed by atoms with Crippen LogP contribution in [0.4, 0.5) is 0 Å². The van der Waals surface area contributed by atoms with E-state index in [9.17, 15) is 0 Å². The van der Waals surface area contributed by atoms with Crippen LogP contribution in [-0.4, -0.2) is 11.0 Å². The topological polar surface area (TPSA) is 48.1 Å². The second-order valence-electron chi connectivity index (χ2n) is 5.53. The second-order valence-corrected chi connectivity index (χ2v) is 5.53. The minimum atomic E-state index is -0.168. The van der Waals surface area contributed by atoms with E-state index in [0.717, 1.165) is 17.7 Å². The summed E-state index contributed by atoms with van der Waals surface area (Å²) in [7, 11) is 0. The Balaban J connectivity index is 2.30. The number of rotatable bonds is 6. The lowest BCUT2D eigenvalue weighted by atomic mass is 9.97. The first-order valence-electron chi connectivity index (χ1n) is 7.54. The standard InChI is InChI=1S/C18H24N2O/c1-4-13(2)16-7-5-6-8-17(16)21-18(14(3)19)15-9-11-20-12-10-15/h5-14,18H,4,19H2,1-3H3. The zero-order chi connectivity index (χ0) is 15.2. The number of nitrogens with two attached hydrogens (primary N) is 1. The number of hydrogen-bond acceptors (Lipinski definition) is 3. The number of hydrogen-bond donors (Lipinski definition) is 1. The van der Waals surface area contributed by atoms with E-state index in [1.54, 1.807) is 12.4 Å². The van der Waals surface area contributed by atoms with Gasteiger partial charge in [-0.15, -0.1) is 0 Å². The van der Waals surface area contributed by atoms with Crippen molar-refractivity contribution in [1.29, 1.82) is 0 Å². The Morgan fingerprint density at radius 3 is 2.38 bits per heavy atom. The maximum absolute atomic E-state index is 6.26. The van der Waals surface area contributed by atoms with E-state index in [4.69, 9.17) is 10.5 Å². The zero-order valence-corrected chi connectivity index (χ0v) is 13.0. The molecule has 0 aliphatic rings. The third kappa shape index (κ3) is 3.82. The van der Waals surface area contributed by atoms with Crippen molar-refractivity contribution in [3.05, 3.63) is 59.9 Å². The zero-order valence-electron chi connectivity index (χ0n) is 13.0. The fraction of sp³-hybridized carbons (Fsp3) is 0.389. The Kier molecular flexibility index (Phi) is 5.34. The lowest BCUT2D eigenvalue weighted by molar-refractivity contribution is 0.178. The number of pyridine rings is 1. The van der Waals surface area contributed by atoms with Gasteiger partial charge >= 0.3 is 0 Å². The van der Waals surface area contributed by atoms with Crippen molar-refractivity contribution < 1.29 is 4.74 Å². The third-order valence-electron chi connectivity index (χ3n) is 3.83. The maximum atomic E-state index is 6.26. The van der Waals surface area contributed by atoms with Gasteiger partial charge in [-0.2, -0.15) is 0 Å². The van der Waals surface area contributed by atoms with Gasteiger partial charge in [0.05, 0.1) is 0 Å². The highest BCUT2D eigenvalue weighted by Gasteiger charge is 2.20. The van der Waals surface area contributed by atoms with E-state index < -0.39 is 0 Å². The van der Waals surface area contributed by atoms with Crippen molar-refractivity contribution in [3.8, 4) is 5.75 Å². The summed E-state index contributed by atoms with van der Waals surface area (Å²) in [6.45, 7) is 6.37. The second kappa shape index (κ2) is 7.23. The average molecular weight is 284 g/mol. The molecule has 0 radical (unpaired) electrons. The van der Waals surface area contributed by atoms with Gasteiger partial charge in [0.25, 0.3) is 0 Å². The van der Waals surface area contributed by atoms with E-state index in [1.807, 2.05) is 31.2 Å². The molecule has 0 fully saturated rings. The molecule has 21 heavy (non-hydrogen) atoms. The van der Waals surface area contributed by atoms with E-state index in [1.165, 1.54) is 5.56 Å². The van der Waals surface area contributed by atoms with Crippen LogP contribution < -0.4 is 10.5 Å². The van der Waals surface area contributed by atoms with Gasteiger partial charge in [-0.05, 0) is 48.6 Å². The minimum absolute atomic E-state index is 0.0996. The molecule has 2 rings (SSSR count). The highest BCUT2D eigenvalue weighted by molar-refractivity contribution is 5.36. The number of ether oxygens (including phenoxy) is 1. The molecule has 0 aliphatic carbocycles. The molecule has 0 saturated heterocycles. The fourth-order valence-electron chi connectivity index (χ4n) is 2.38. The van der Waals surface area contributed by atoms with Gasteiger partial charge < -0.3 is 10.5 Å². The SMILES string of the molecule is CCC(C)c1ccccc1OC(c1ccncc1)C(C)N. The summed E-state index contributed by atoms with van der Waals surface area (Å²) in [4.78, 5) is 4.06. The molecule has 1 aromatic carbocycles. The first kappa shape index (κ1) is 15.5. The quantitative estimate of drug-likeness (QED) is 0.870. The molecule has 0 bridgehead atoms. The molecular weight excluding hydrogens is 260 g/mol. The molecule has 1 heterocycles. The molecule has 3 nitrogen and oxygen atoms in total. The van der Waals surface area contributed by atoms with Crippen LogP contribution in [0.5, 0.6) is 5.75 Å². The Morgan fingerprint density at radius 2 is 1.76 bits per heavy atom. The van der Waals surface area contributed by atoms with E-state index >= 15 is 0 Å². The van der Waals surface area contributed by atoms with Crippen molar-refractivity contribution in [1.82, 2.24) is 4.98 Å². The van der Waals surface area contributed by atoms with E-state index in [0.29, 0.717) is 5.92 Å². The van der Waals surface area contributed by atoms with Crippen LogP contribution in [0.1, 0.15) is 50.3 Å². The molecule has 3 unspecified atom stereocenters. The highest BCUT2D eigenvalue weighted by Crippen LogP contribution is 2.32. The summed E-state index contributed by atoms with van der Waals surface area (Å²) in [6.07, 6.45) is 4.46. The van der Waals surface area contributed by atoms with Gasteiger partial charge in [-0.1, -0.05) is 32.0 Å². The number of para-hydroxylation sites is 1. The largest absolute Gasteiger partial charge is 0.484 e. The highest BCUT2D eigenvalue weighted by atomic mass is 16.5. The van der Waals surface area contributed by atoms with Crippen molar-refractivity contribution in [2.75, 3.05) is 0 Å². The third-order valence-corrected chi connectivity index (χ3v) is 3.83. The first-order valence-corrected chi connectivity index (χ1v) is 7.54. The predicted molar refractivity (Wildman–Crippen MR) is 86.4 cm³/mol. The molecule has 0 saturated carbocycles. The molecule has 3 atom stereocenters. The lowest BCUT2D eigenvalue weighted by Gasteiger charge is -2.25. The van der Waals surface area contributed by atoms with Gasteiger partial charge in [-0.3, -0.25) is 4.98 Å². The van der Waals surface area contributed by atoms with Crippen LogP contribution in [0.15, 0.2) is 48.8 Å².